The second kappa shape index (κ2) is 6.56. The van der Waals surface area contributed by atoms with Gasteiger partial charge in [-0.15, -0.1) is 0 Å². The van der Waals surface area contributed by atoms with E-state index in [0.29, 0.717) is 0 Å². The Morgan fingerprint density at radius 3 is 2.37 bits per heavy atom. The summed E-state index contributed by atoms with van der Waals surface area (Å²) in [6.07, 6.45) is -4.17. The Kier molecular flexibility index (Phi) is 5.35. The molecule has 1 atom stereocenters. The highest BCUT2D eigenvalue weighted by Gasteiger charge is 2.33. The van der Waals surface area contributed by atoms with Crippen LogP contribution in [0.25, 0.3) is 0 Å². The molecule has 6 heteroatoms. The normalized spacial score (nSPS) is 13.1. The van der Waals surface area contributed by atoms with E-state index < -0.39 is 24.7 Å². The molecule has 2 N–H and O–H groups in total. The molecule has 0 unspecified atom stereocenters. The Labute approximate surface area is 110 Å². The summed E-state index contributed by atoms with van der Waals surface area (Å²) in [6.45, 7) is 0.227. The molecule has 1 rings (SSSR count). The first-order valence-corrected chi connectivity index (χ1v) is 5.98. The third-order valence-corrected chi connectivity index (χ3v) is 2.68. The van der Waals surface area contributed by atoms with Gasteiger partial charge in [0, 0.05) is 6.54 Å². The van der Waals surface area contributed by atoms with Gasteiger partial charge in [-0.1, -0.05) is 30.3 Å². The largest absolute Gasteiger partial charge is 0.406 e. The second-order valence-corrected chi connectivity index (χ2v) is 4.26. The Bertz CT molecular complexity index is 406. The van der Waals surface area contributed by atoms with Crippen LogP contribution < -0.4 is 5.73 Å². The molecule has 0 spiro atoms. The van der Waals surface area contributed by atoms with Gasteiger partial charge in [0.15, 0.2) is 0 Å². The average Bonchev–Trinajstić information content (AvgIpc) is 2.35. The zero-order valence-corrected chi connectivity index (χ0v) is 10.7. The summed E-state index contributed by atoms with van der Waals surface area (Å²) in [6, 6.07) is 8.02. The van der Waals surface area contributed by atoms with E-state index in [9.17, 15) is 18.0 Å². The molecule has 1 aromatic carbocycles. The SMILES string of the molecule is CCN(CC(F)(F)F)C(=O)[C@H](N)Cc1ccccc1. The first-order chi connectivity index (χ1) is 8.83. The molecule has 0 radical (unpaired) electrons. The summed E-state index contributed by atoms with van der Waals surface area (Å²) in [5.41, 5.74) is 6.51. The van der Waals surface area contributed by atoms with Gasteiger partial charge in [-0.3, -0.25) is 4.79 Å². The Balaban J connectivity index is 2.64. The number of nitrogens with two attached hydrogens (primary N) is 1. The lowest BCUT2D eigenvalue weighted by Crippen LogP contribution is -2.48. The van der Waals surface area contributed by atoms with Crippen molar-refractivity contribution in [2.45, 2.75) is 25.6 Å². The number of hydrogen-bond acceptors (Lipinski definition) is 2. The van der Waals surface area contributed by atoms with Gasteiger partial charge in [0.25, 0.3) is 0 Å². The number of halogens is 3. The minimum atomic E-state index is -4.40. The highest BCUT2D eigenvalue weighted by atomic mass is 19.4. The topological polar surface area (TPSA) is 46.3 Å². The third kappa shape index (κ3) is 5.30. The van der Waals surface area contributed by atoms with Gasteiger partial charge in [0.1, 0.15) is 6.54 Å². The quantitative estimate of drug-likeness (QED) is 0.892. The van der Waals surface area contributed by atoms with E-state index in [4.69, 9.17) is 5.73 Å². The van der Waals surface area contributed by atoms with E-state index in [1.54, 1.807) is 24.3 Å². The molecule has 19 heavy (non-hydrogen) atoms. The summed E-state index contributed by atoms with van der Waals surface area (Å²) in [4.78, 5) is 12.6. The van der Waals surface area contributed by atoms with Gasteiger partial charge in [-0.2, -0.15) is 13.2 Å². The molecule has 1 aromatic rings. The molecule has 106 valence electrons. The van der Waals surface area contributed by atoms with Gasteiger partial charge in [-0.05, 0) is 18.9 Å². The molecule has 0 aliphatic rings. The Hall–Kier alpha value is -1.56. The van der Waals surface area contributed by atoms with E-state index in [1.807, 2.05) is 6.07 Å². The zero-order chi connectivity index (χ0) is 14.5. The van der Waals surface area contributed by atoms with E-state index >= 15 is 0 Å². The van der Waals surface area contributed by atoms with Gasteiger partial charge in [0.2, 0.25) is 5.91 Å². The van der Waals surface area contributed by atoms with Crippen molar-refractivity contribution in [2.75, 3.05) is 13.1 Å². The lowest BCUT2D eigenvalue weighted by molar-refractivity contribution is -0.161. The summed E-state index contributed by atoms with van der Waals surface area (Å²) in [5, 5.41) is 0. The van der Waals surface area contributed by atoms with Crippen molar-refractivity contribution < 1.29 is 18.0 Å². The molecule has 0 saturated heterocycles. The summed E-state index contributed by atoms with van der Waals surface area (Å²) >= 11 is 0. The van der Waals surface area contributed by atoms with E-state index in [1.165, 1.54) is 6.92 Å². The molecule has 0 saturated carbocycles. The van der Waals surface area contributed by atoms with Crippen LogP contribution in [-0.4, -0.2) is 36.1 Å². The maximum Gasteiger partial charge on any atom is 0.406 e. The van der Waals surface area contributed by atoms with Gasteiger partial charge in [-0.25, -0.2) is 0 Å². The number of benzene rings is 1. The number of carbonyl (C=O) groups excluding carboxylic acids is 1. The molecule has 0 aliphatic heterocycles. The first-order valence-electron chi connectivity index (χ1n) is 5.98. The van der Waals surface area contributed by atoms with Crippen molar-refractivity contribution in [3.8, 4) is 0 Å². The maximum absolute atomic E-state index is 12.3. The van der Waals surface area contributed by atoms with Crippen LogP contribution in [0.4, 0.5) is 13.2 Å². The van der Waals surface area contributed by atoms with Crippen LogP contribution in [0.2, 0.25) is 0 Å². The number of amides is 1. The van der Waals surface area contributed by atoms with Gasteiger partial charge in [0.05, 0.1) is 6.04 Å². The van der Waals surface area contributed by atoms with Crippen molar-refractivity contribution in [3.63, 3.8) is 0 Å². The molecule has 0 fully saturated rings. The number of nitrogens with zero attached hydrogens (tertiary/aromatic N) is 1. The van der Waals surface area contributed by atoms with Crippen LogP contribution in [0.3, 0.4) is 0 Å². The minimum absolute atomic E-state index is 0.0131. The molecule has 0 heterocycles. The number of rotatable bonds is 5. The molecular formula is C13H17F3N2O. The van der Waals surface area contributed by atoms with E-state index in [-0.39, 0.29) is 13.0 Å². The van der Waals surface area contributed by atoms with Crippen LogP contribution in [-0.2, 0) is 11.2 Å². The van der Waals surface area contributed by atoms with Crippen LogP contribution in [0.5, 0.6) is 0 Å². The third-order valence-electron chi connectivity index (χ3n) is 2.68. The average molecular weight is 274 g/mol. The Morgan fingerprint density at radius 2 is 1.89 bits per heavy atom. The summed E-state index contributed by atoms with van der Waals surface area (Å²) < 4.78 is 36.9. The Morgan fingerprint density at radius 1 is 1.32 bits per heavy atom. The number of carbonyl (C=O) groups is 1. The molecule has 0 aromatic heterocycles. The zero-order valence-electron chi connectivity index (χ0n) is 10.7. The van der Waals surface area contributed by atoms with Crippen LogP contribution >= 0.6 is 0 Å². The lowest BCUT2D eigenvalue weighted by Gasteiger charge is -2.25. The molecule has 3 nitrogen and oxygen atoms in total. The fourth-order valence-electron chi connectivity index (χ4n) is 1.75. The lowest BCUT2D eigenvalue weighted by atomic mass is 10.1. The molecule has 1 amide bonds. The number of hydrogen-bond donors (Lipinski definition) is 1. The fraction of sp³-hybridized carbons (Fsp3) is 0.462. The van der Waals surface area contributed by atoms with Crippen LogP contribution in [0.1, 0.15) is 12.5 Å². The maximum atomic E-state index is 12.3. The standard InChI is InChI=1S/C13H17F3N2O/c1-2-18(9-13(14,15)16)12(19)11(17)8-10-6-4-3-5-7-10/h3-7,11H,2,8-9,17H2,1H3/t11-/m1/s1. The van der Waals surface area contributed by atoms with Gasteiger partial charge < -0.3 is 10.6 Å². The fourth-order valence-corrected chi connectivity index (χ4v) is 1.75. The highest BCUT2D eigenvalue weighted by Crippen LogP contribution is 2.17. The highest BCUT2D eigenvalue weighted by molar-refractivity contribution is 5.82. The van der Waals surface area contributed by atoms with Crippen LogP contribution in [0, 0.1) is 0 Å². The number of alkyl halides is 3. The summed E-state index contributed by atoms with van der Waals surface area (Å²) in [7, 11) is 0. The van der Waals surface area contributed by atoms with Crippen molar-refractivity contribution in [1.82, 2.24) is 4.90 Å². The van der Waals surface area contributed by atoms with Crippen molar-refractivity contribution in [3.05, 3.63) is 35.9 Å². The predicted octanol–water partition coefficient (Wildman–Crippen LogP) is 1.97. The number of likely N-dealkylation sites (N-methyl/N-ethyl adjacent to an activating group) is 1. The monoisotopic (exact) mass is 274 g/mol. The molecule has 0 aliphatic carbocycles. The van der Waals surface area contributed by atoms with Crippen molar-refractivity contribution >= 4 is 5.91 Å². The van der Waals surface area contributed by atoms with E-state index in [2.05, 4.69) is 0 Å². The van der Waals surface area contributed by atoms with Crippen LogP contribution in [0.15, 0.2) is 30.3 Å². The summed E-state index contributed by atoms with van der Waals surface area (Å²) in [5.74, 6) is -0.677. The first kappa shape index (κ1) is 15.5. The van der Waals surface area contributed by atoms with Crippen molar-refractivity contribution in [1.29, 1.82) is 0 Å². The predicted molar refractivity (Wildman–Crippen MR) is 66.4 cm³/mol. The second-order valence-electron chi connectivity index (χ2n) is 4.26. The van der Waals surface area contributed by atoms with Gasteiger partial charge >= 0.3 is 6.18 Å². The molecule has 0 bridgehead atoms. The van der Waals surface area contributed by atoms with E-state index in [0.717, 1.165) is 10.5 Å². The van der Waals surface area contributed by atoms with Crippen molar-refractivity contribution in [2.24, 2.45) is 5.73 Å². The molecular weight excluding hydrogens is 257 g/mol. The smallest absolute Gasteiger partial charge is 0.333 e. The minimum Gasteiger partial charge on any atom is -0.333 e.